The minimum absolute atomic E-state index is 0.0249. The number of benzene rings is 1. The lowest BCUT2D eigenvalue weighted by Gasteiger charge is -2.61. The van der Waals surface area contributed by atoms with Crippen LogP contribution in [0.5, 0.6) is 0 Å². The molecule has 1 aromatic rings. The molecular weight excluding hydrogens is 376 g/mol. The van der Waals surface area contributed by atoms with E-state index in [-0.39, 0.29) is 22.7 Å². The van der Waals surface area contributed by atoms with Crippen LogP contribution in [0.25, 0.3) is 0 Å². The first-order chi connectivity index (χ1) is 14.2. The van der Waals surface area contributed by atoms with Crippen molar-refractivity contribution in [2.75, 3.05) is 6.61 Å². The highest BCUT2D eigenvalue weighted by Gasteiger charge is 2.61. The van der Waals surface area contributed by atoms with Crippen molar-refractivity contribution in [3.05, 3.63) is 46.2 Å². The van der Waals surface area contributed by atoms with E-state index in [9.17, 15) is 9.59 Å². The molecule has 0 radical (unpaired) electrons. The van der Waals surface area contributed by atoms with Crippen LogP contribution in [0.1, 0.15) is 62.1 Å². The van der Waals surface area contributed by atoms with Gasteiger partial charge in [0.05, 0.1) is 5.41 Å². The van der Waals surface area contributed by atoms with Crippen molar-refractivity contribution < 1.29 is 14.3 Å². The van der Waals surface area contributed by atoms with Gasteiger partial charge in [0, 0.05) is 5.70 Å². The first-order valence-electron chi connectivity index (χ1n) is 10.8. The Morgan fingerprint density at radius 1 is 1.17 bits per heavy atom. The normalized spacial score (nSPS) is 32.3. The Labute approximate surface area is 178 Å². The maximum absolute atomic E-state index is 13.3. The number of aryl methyl sites for hydroxylation is 2. The van der Waals surface area contributed by atoms with E-state index in [1.54, 1.807) is 0 Å². The van der Waals surface area contributed by atoms with Crippen LogP contribution in [-0.2, 0) is 19.7 Å². The Hall–Kier alpha value is -2.61. The smallest absolute Gasteiger partial charge is 0.312 e. The number of ether oxygens (including phenoxy) is 1. The van der Waals surface area contributed by atoms with Crippen LogP contribution in [0.2, 0.25) is 0 Å². The number of carbonyl (C=O) groups is 2. The Morgan fingerprint density at radius 2 is 1.83 bits per heavy atom. The standard InChI is InChI=1S/C25H30N2O3/c1-15-4-5-20(6-16(15)2)24-8-18-7-19(9-24)11-25(10-18,14-24)23(29)30-13-22(28)21(12-26)17(3)27/h4-6,18-19H,7-11,13-14,27H2,1-3H3/b21-17-. The maximum Gasteiger partial charge on any atom is 0.312 e. The van der Waals surface area contributed by atoms with Crippen LogP contribution < -0.4 is 5.73 Å². The molecule has 0 saturated heterocycles. The molecule has 1 aromatic carbocycles. The first kappa shape index (κ1) is 20.7. The number of hydrogen-bond donors (Lipinski definition) is 1. The molecule has 0 aromatic heterocycles. The average molecular weight is 407 g/mol. The number of esters is 1. The van der Waals surface area contributed by atoms with Crippen LogP contribution in [0.3, 0.4) is 0 Å². The van der Waals surface area contributed by atoms with E-state index in [1.165, 1.54) is 30.0 Å². The van der Waals surface area contributed by atoms with Crippen molar-refractivity contribution in [3.63, 3.8) is 0 Å². The fourth-order valence-corrected chi connectivity index (χ4v) is 6.64. The molecular formula is C25H30N2O3. The monoisotopic (exact) mass is 406 g/mol. The number of nitrogens with zero attached hydrogens (tertiary/aromatic N) is 1. The van der Waals surface area contributed by atoms with E-state index in [1.807, 2.05) is 6.07 Å². The largest absolute Gasteiger partial charge is 0.457 e. The molecule has 2 N–H and O–H groups in total. The molecule has 0 heterocycles. The fourth-order valence-electron chi connectivity index (χ4n) is 6.64. The summed E-state index contributed by atoms with van der Waals surface area (Å²) < 4.78 is 5.52. The zero-order chi connectivity index (χ0) is 21.7. The molecule has 5 rings (SSSR count). The van der Waals surface area contributed by atoms with E-state index in [4.69, 9.17) is 15.7 Å². The predicted molar refractivity (Wildman–Crippen MR) is 113 cm³/mol. The molecule has 4 aliphatic carbocycles. The van der Waals surface area contributed by atoms with Gasteiger partial charge in [0.1, 0.15) is 11.6 Å². The third-order valence-corrected chi connectivity index (χ3v) is 7.73. The lowest BCUT2D eigenvalue weighted by molar-refractivity contribution is -0.175. The van der Waals surface area contributed by atoms with Crippen LogP contribution in [0.15, 0.2) is 29.5 Å². The van der Waals surface area contributed by atoms with Crippen molar-refractivity contribution in [1.82, 2.24) is 0 Å². The Morgan fingerprint density at radius 3 is 2.40 bits per heavy atom. The lowest BCUT2D eigenvalue weighted by atomic mass is 9.43. The SMILES string of the molecule is C/C(N)=C(\C#N)C(=O)COC(=O)C12CC3CC(C1)CC(c1ccc(C)c(C)c1)(C3)C2. The van der Waals surface area contributed by atoms with E-state index < -0.39 is 17.8 Å². The molecule has 5 heteroatoms. The third kappa shape index (κ3) is 3.33. The van der Waals surface area contributed by atoms with Crippen molar-refractivity contribution in [2.24, 2.45) is 23.0 Å². The second-order valence-corrected chi connectivity index (χ2v) is 9.99. The summed E-state index contributed by atoms with van der Waals surface area (Å²) in [5.74, 6) is 0.249. The van der Waals surface area contributed by atoms with Crippen LogP contribution in [0.4, 0.5) is 0 Å². The molecule has 2 atom stereocenters. The summed E-state index contributed by atoms with van der Waals surface area (Å²) in [7, 11) is 0. The Bertz CT molecular complexity index is 967. The zero-order valence-electron chi connectivity index (χ0n) is 18.1. The number of nitriles is 1. The second-order valence-electron chi connectivity index (χ2n) is 9.99. The predicted octanol–water partition coefficient (Wildman–Crippen LogP) is 4.01. The molecule has 4 saturated carbocycles. The van der Waals surface area contributed by atoms with Gasteiger partial charge in [0.2, 0.25) is 5.78 Å². The summed E-state index contributed by atoms with van der Waals surface area (Å²) in [6, 6.07) is 8.55. The number of hydrogen-bond acceptors (Lipinski definition) is 5. The van der Waals surface area contributed by atoms with Gasteiger partial charge >= 0.3 is 5.97 Å². The van der Waals surface area contributed by atoms with Crippen molar-refractivity contribution in [2.45, 2.75) is 64.7 Å². The molecule has 4 bridgehead atoms. The van der Waals surface area contributed by atoms with Crippen molar-refractivity contribution in [1.29, 1.82) is 5.26 Å². The molecule has 30 heavy (non-hydrogen) atoms. The number of ketones is 1. The van der Waals surface area contributed by atoms with E-state index in [0.29, 0.717) is 11.8 Å². The quantitative estimate of drug-likeness (QED) is 0.453. The Balaban J connectivity index is 1.58. The number of carbonyl (C=O) groups excluding carboxylic acids is 2. The number of allylic oxidation sites excluding steroid dienone is 1. The minimum Gasteiger partial charge on any atom is -0.457 e. The van der Waals surface area contributed by atoms with Gasteiger partial charge in [-0.05, 0) is 93.2 Å². The number of nitrogens with two attached hydrogens (primary N) is 1. The third-order valence-electron chi connectivity index (χ3n) is 7.73. The molecule has 0 spiro atoms. The summed E-state index contributed by atoms with van der Waals surface area (Å²) in [6.45, 7) is 5.37. The van der Waals surface area contributed by atoms with E-state index in [2.05, 4.69) is 32.0 Å². The zero-order valence-corrected chi connectivity index (χ0v) is 18.1. The molecule has 0 amide bonds. The molecule has 4 aliphatic rings. The van der Waals surface area contributed by atoms with E-state index >= 15 is 0 Å². The van der Waals surface area contributed by atoms with Gasteiger partial charge in [0.25, 0.3) is 0 Å². The summed E-state index contributed by atoms with van der Waals surface area (Å²) in [5.41, 5.74) is 9.06. The summed E-state index contributed by atoms with van der Waals surface area (Å²) in [4.78, 5) is 25.5. The van der Waals surface area contributed by atoms with Gasteiger partial charge in [0.15, 0.2) is 6.61 Å². The van der Waals surface area contributed by atoms with E-state index in [0.717, 1.165) is 32.1 Å². The Kier molecular flexibility index (Phi) is 5.00. The molecule has 158 valence electrons. The lowest BCUT2D eigenvalue weighted by Crippen LogP contribution is -2.57. The molecule has 0 aliphatic heterocycles. The highest BCUT2D eigenvalue weighted by Crippen LogP contribution is 2.66. The van der Waals surface area contributed by atoms with Crippen LogP contribution in [-0.4, -0.2) is 18.4 Å². The van der Waals surface area contributed by atoms with Crippen LogP contribution >= 0.6 is 0 Å². The van der Waals surface area contributed by atoms with Gasteiger partial charge < -0.3 is 10.5 Å². The topological polar surface area (TPSA) is 93.2 Å². The van der Waals surface area contributed by atoms with Gasteiger partial charge in [-0.25, -0.2) is 0 Å². The fraction of sp³-hybridized carbons (Fsp3) is 0.560. The summed E-state index contributed by atoms with van der Waals surface area (Å²) in [5, 5.41) is 9.11. The van der Waals surface area contributed by atoms with Gasteiger partial charge in [-0.3, -0.25) is 9.59 Å². The van der Waals surface area contributed by atoms with Crippen molar-refractivity contribution >= 4 is 11.8 Å². The molecule has 5 nitrogen and oxygen atoms in total. The highest BCUT2D eigenvalue weighted by molar-refractivity contribution is 6.01. The summed E-state index contributed by atoms with van der Waals surface area (Å²) in [6.07, 6.45) is 5.94. The number of rotatable bonds is 5. The van der Waals surface area contributed by atoms with Gasteiger partial charge in [-0.1, -0.05) is 18.2 Å². The summed E-state index contributed by atoms with van der Waals surface area (Å²) >= 11 is 0. The van der Waals surface area contributed by atoms with Gasteiger partial charge in [-0.2, -0.15) is 5.26 Å². The molecule has 4 fully saturated rings. The first-order valence-corrected chi connectivity index (χ1v) is 10.8. The molecule has 2 unspecified atom stereocenters. The van der Waals surface area contributed by atoms with Crippen molar-refractivity contribution in [3.8, 4) is 6.07 Å². The average Bonchev–Trinajstić information content (AvgIpc) is 2.67. The minimum atomic E-state index is -0.528. The van der Waals surface area contributed by atoms with Crippen LogP contribution in [0, 0.1) is 42.4 Å². The van der Waals surface area contributed by atoms with Gasteiger partial charge in [-0.15, -0.1) is 0 Å². The maximum atomic E-state index is 13.3. The second kappa shape index (κ2) is 7.27. The number of Topliss-reactive ketones (excluding diaryl/α,β-unsaturated/α-hetero) is 1. The highest BCUT2D eigenvalue weighted by atomic mass is 16.5.